The molecule has 0 bridgehead atoms. The molecule has 1 saturated heterocycles. The van der Waals surface area contributed by atoms with Gasteiger partial charge in [0.2, 0.25) is 0 Å². The lowest BCUT2D eigenvalue weighted by Crippen LogP contribution is -2.49. The van der Waals surface area contributed by atoms with Gasteiger partial charge in [-0.1, -0.05) is 42.5 Å². The second kappa shape index (κ2) is 10.7. The van der Waals surface area contributed by atoms with E-state index in [1.807, 2.05) is 30.3 Å². The number of amides is 2. The van der Waals surface area contributed by atoms with Gasteiger partial charge in [0.05, 0.1) is 42.5 Å². The summed E-state index contributed by atoms with van der Waals surface area (Å²) in [5.74, 6) is -0.810. The molecule has 1 unspecified atom stereocenters. The van der Waals surface area contributed by atoms with E-state index in [2.05, 4.69) is 4.90 Å². The summed E-state index contributed by atoms with van der Waals surface area (Å²) >= 11 is 0. The van der Waals surface area contributed by atoms with Crippen LogP contribution in [0.15, 0.2) is 54.6 Å². The predicted octanol–water partition coefficient (Wildman–Crippen LogP) is 2.81. The summed E-state index contributed by atoms with van der Waals surface area (Å²) in [6, 6.07) is 15.5. The summed E-state index contributed by atoms with van der Waals surface area (Å²) in [5, 5.41) is 22.4. The zero-order chi connectivity index (χ0) is 25.9. The van der Waals surface area contributed by atoms with E-state index in [-0.39, 0.29) is 30.3 Å². The van der Waals surface area contributed by atoms with Crippen LogP contribution in [-0.2, 0) is 27.5 Å². The standard InChI is InChI=1S/C27H27N3O7/c31-16-20-6-5-18(15-23(20)30(34)35)17-37-25-22-8-7-19-3-1-2-4-21(19)24(22)26(32)29(27(25)33)10-9-28-11-13-36-14-12-28/h1-8,15,25,31H,9-14,16-17H2. The molecule has 0 radical (unpaired) electrons. The first-order chi connectivity index (χ1) is 18.0. The van der Waals surface area contributed by atoms with Crippen molar-refractivity contribution in [2.45, 2.75) is 19.3 Å². The number of aliphatic hydroxyl groups is 1. The van der Waals surface area contributed by atoms with E-state index in [4.69, 9.17) is 9.47 Å². The average molecular weight is 506 g/mol. The van der Waals surface area contributed by atoms with E-state index in [0.29, 0.717) is 36.4 Å². The zero-order valence-electron chi connectivity index (χ0n) is 20.2. The van der Waals surface area contributed by atoms with Gasteiger partial charge in [-0.05, 0) is 22.4 Å². The van der Waals surface area contributed by atoms with Crippen molar-refractivity contribution in [2.75, 3.05) is 39.4 Å². The highest BCUT2D eigenvalue weighted by atomic mass is 16.6. The van der Waals surface area contributed by atoms with E-state index in [0.717, 1.165) is 23.9 Å². The Hall–Kier alpha value is -3.70. The normalized spacial score (nSPS) is 18.3. The van der Waals surface area contributed by atoms with Gasteiger partial charge in [0, 0.05) is 37.8 Å². The van der Waals surface area contributed by atoms with Crippen molar-refractivity contribution in [3.05, 3.63) is 87.0 Å². The fourth-order valence-corrected chi connectivity index (χ4v) is 4.88. The maximum absolute atomic E-state index is 13.6. The largest absolute Gasteiger partial charge is 0.391 e. The van der Waals surface area contributed by atoms with Gasteiger partial charge in [-0.3, -0.25) is 29.5 Å². The molecule has 1 N–H and O–H groups in total. The smallest absolute Gasteiger partial charge is 0.275 e. The van der Waals surface area contributed by atoms with Gasteiger partial charge in [-0.2, -0.15) is 0 Å². The molecule has 2 aliphatic heterocycles. The van der Waals surface area contributed by atoms with E-state index in [9.17, 15) is 24.8 Å². The maximum Gasteiger partial charge on any atom is 0.275 e. The van der Waals surface area contributed by atoms with Crippen LogP contribution in [0.2, 0.25) is 0 Å². The number of fused-ring (bicyclic) bond motifs is 3. The van der Waals surface area contributed by atoms with Crippen LogP contribution in [0.3, 0.4) is 0 Å². The lowest BCUT2D eigenvalue weighted by molar-refractivity contribution is -0.385. The molecule has 1 atom stereocenters. The Labute approximate surface area is 213 Å². The van der Waals surface area contributed by atoms with Gasteiger partial charge >= 0.3 is 0 Å². The van der Waals surface area contributed by atoms with Crippen molar-refractivity contribution < 1.29 is 29.1 Å². The molecule has 0 aliphatic carbocycles. The third kappa shape index (κ3) is 4.96. The average Bonchev–Trinajstić information content (AvgIpc) is 2.92. The Balaban J connectivity index is 1.46. The molecule has 37 heavy (non-hydrogen) atoms. The maximum atomic E-state index is 13.6. The second-order valence-electron chi connectivity index (χ2n) is 9.07. The Morgan fingerprint density at radius 3 is 2.59 bits per heavy atom. The SMILES string of the molecule is O=C1c2c(ccc3ccccc23)C(OCc2ccc(CO)c([N+](=O)[O-])c2)C(=O)N1CCN1CCOCC1. The summed E-state index contributed by atoms with van der Waals surface area (Å²) in [4.78, 5) is 41.5. The van der Waals surface area contributed by atoms with Gasteiger partial charge in [-0.15, -0.1) is 0 Å². The quantitative estimate of drug-likeness (QED) is 0.282. The first kappa shape index (κ1) is 25.0. The number of nitro benzene ring substituents is 1. The van der Waals surface area contributed by atoms with Gasteiger partial charge < -0.3 is 14.6 Å². The first-order valence-corrected chi connectivity index (χ1v) is 12.1. The summed E-state index contributed by atoms with van der Waals surface area (Å²) in [6.45, 7) is 2.90. The molecule has 2 heterocycles. The number of nitrogens with zero attached hydrogens (tertiary/aromatic N) is 3. The van der Waals surface area contributed by atoms with Crippen LogP contribution in [0.25, 0.3) is 10.8 Å². The van der Waals surface area contributed by atoms with Crippen LogP contribution in [0.1, 0.15) is 33.2 Å². The summed E-state index contributed by atoms with van der Waals surface area (Å²) in [7, 11) is 0. The minimum atomic E-state index is -1.04. The molecular weight excluding hydrogens is 478 g/mol. The summed E-state index contributed by atoms with van der Waals surface area (Å²) < 4.78 is 11.5. The van der Waals surface area contributed by atoms with Gasteiger partial charge in [-0.25, -0.2) is 0 Å². The zero-order valence-corrected chi connectivity index (χ0v) is 20.2. The molecule has 192 valence electrons. The van der Waals surface area contributed by atoms with Crippen molar-refractivity contribution in [2.24, 2.45) is 0 Å². The number of hydrogen-bond donors (Lipinski definition) is 1. The monoisotopic (exact) mass is 505 g/mol. The van der Waals surface area contributed by atoms with E-state index < -0.39 is 23.5 Å². The molecular formula is C27H27N3O7. The molecule has 2 aliphatic rings. The second-order valence-corrected chi connectivity index (χ2v) is 9.07. The summed E-state index contributed by atoms with van der Waals surface area (Å²) in [6.07, 6.45) is -1.04. The van der Waals surface area contributed by atoms with Crippen molar-refractivity contribution in [3.63, 3.8) is 0 Å². The predicted molar refractivity (Wildman–Crippen MR) is 134 cm³/mol. The van der Waals surface area contributed by atoms with Crippen LogP contribution in [0, 0.1) is 10.1 Å². The number of morpholine rings is 1. The van der Waals surface area contributed by atoms with Gasteiger partial charge in [0.1, 0.15) is 0 Å². The topological polar surface area (TPSA) is 122 Å². The lowest BCUT2D eigenvalue weighted by Gasteiger charge is -2.35. The molecule has 3 aromatic carbocycles. The number of benzene rings is 3. The minimum Gasteiger partial charge on any atom is -0.391 e. The molecule has 10 nitrogen and oxygen atoms in total. The third-order valence-corrected chi connectivity index (χ3v) is 6.87. The third-order valence-electron chi connectivity index (χ3n) is 6.87. The lowest BCUT2D eigenvalue weighted by atomic mass is 9.90. The molecule has 10 heteroatoms. The number of hydrogen-bond acceptors (Lipinski definition) is 8. The van der Waals surface area contributed by atoms with E-state index in [1.54, 1.807) is 12.1 Å². The van der Waals surface area contributed by atoms with E-state index in [1.165, 1.54) is 17.0 Å². The van der Waals surface area contributed by atoms with Crippen LogP contribution in [-0.4, -0.2) is 71.0 Å². The van der Waals surface area contributed by atoms with Crippen LogP contribution in [0.5, 0.6) is 0 Å². The number of ether oxygens (including phenoxy) is 2. The van der Waals surface area contributed by atoms with Crippen molar-refractivity contribution in [3.8, 4) is 0 Å². The van der Waals surface area contributed by atoms with Gasteiger partial charge in [0.15, 0.2) is 6.10 Å². The minimum absolute atomic E-state index is 0.0826. The first-order valence-electron chi connectivity index (χ1n) is 12.1. The van der Waals surface area contributed by atoms with Gasteiger partial charge in [0.25, 0.3) is 17.5 Å². The van der Waals surface area contributed by atoms with Crippen LogP contribution in [0.4, 0.5) is 5.69 Å². The Morgan fingerprint density at radius 2 is 1.84 bits per heavy atom. The molecule has 1 fully saturated rings. The number of nitro groups is 1. The molecule has 3 aromatic rings. The number of carbonyl (C=O) groups is 2. The van der Waals surface area contributed by atoms with Crippen molar-refractivity contribution in [1.29, 1.82) is 0 Å². The fraction of sp³-hybridized carbons (Fsp3) is 0.333. The molecule has 0 spiro atoms. The van der Waals surface area contributed by atoms with Crippen LogP contribution >= 0.6 is 0 Å². The van der Waals surface area contributed by atoms with E-state index >= 15 is 0 Å². The molecule has 0 saturated carbocycles. The number of rotatable bonds is 8. The Morgan fingerprint density at radius 1 is 1.05 bits per heavy atom. The number of imide groups is 1. The highest BCUT2D eigenvalue weighted by Crippen LogP contribution is 2.36. The number of carbonyl (C=O) groups excluding carboxylic acids is 2. The van der Waals surface area contributed by atoms with Crippen molar-refractivity contribution >= 4 is 28.3 Å². The molecule has 0 aromatic heterocycles. The molecule has 2 amide bonds. The summed E-state index contributed by atoms with van der Waals surface area (Å²) in [5.41, 5.74) is 1.38. The number of aliphatic hydroxyl groups excluding tert-OH is 1. The van der Waals surface area contributed by atoms with Crippen molar-refractivity contribution in [1.82, 2.24) is 9.80 Å². The van der Waals surface area contributed by atoms with Crippen LogP contribution < -0.4 is 0 Å². The fourth-order valence-electron chi connectivity index (χ4n) is 4.88. The molecule has 5 rings (SSSR count). The Kier molecular flexibility index (Phi) is 7.24. The highest BCUT2D eigenvalue weighted by Gasteiger charge is 2.40. The highest BCUT2D eigenvalue weighted by molar-refractivity contribution is 6.17. The Bertz CT molecular complexity index is 1350.